The monoisotopic (exact) mass is 408 g/mol. The van der Waals surface area contributed by atoms with E-state index in [1.807, 2.05) is 0 Å². The summed E-state index contributed by atoms with van der Waals surface area (Å²) in [5, 5.41) is 19.5. The highest BCUT2D eigenvalue weighted by atomic mass is 19.4. The summed E-state index contributed by atoms with van der Waals surface area (Å²) in [6.07, 6.45) is -3.05. The normalized spacial score (nSPS) is 12.8. The molecule has 1 amide bonds. The number of halogens is 3. The van der Waals surface area contributed by atoms with Crippen molar-refractivity contribution >= 4 is 5.91 Å². The molecule has 0 spiro atoms. The van der Waals surface area contributed by atoms with E-state index in [1.54, 1.807) is 43.0 Å². The van der Waals surface area contributed by atoms with Gasteiger partial charge in [0.05, 0.1) is 29.7 Å². The largest absolute Gasteiger partial charge is 0.435 e. The number of carbonyl (C=O) groups excluding carboxylic acids is 1. The van der Waals surface area contributed by atoms with Crippen molar-refractivity contribution in [2.45, 2.75) is 25.7 Å². The van der Waals surface area contributed by atoms with Crippen LogP contribution < -0.4 is 5.32 Å². The number of amides is 1. The SMILES string of the molecule is CC(NC(=O)c1cc(C(F)(F)F)nn1C)c1cc(-c2ccc(CO)nc2)nn1C. The third-order valence-corrected chi connectivity index (χ3v) is 4.39. The average molecular weight is 408 g/mol. The van der Waals surface area contributed by atoms with Gasteiger partial charge < -0.3 is 10.4 Å². The summed E-state index contributed by atoms with van der Waals surface area (Å²) in [6.45, 7) is 1.54. The standard InChI is InChI=1S/C18H19F3N6O2/c1-10(23-17(29)15-7-16(18(19,20)21)25-27(15)3)14-6-13(24-26(14)2)11-4-5-12(9-28)22-8-11/h4-8,10,28H,9H2,1-3H3,(H,23,29). The summed E-state index contributed by atoms with van der Waals surface area (Å²) in [5.74, 6) is -0.681. The van der Waals surface area contributed by atoms with Gasteiger partial charge in [0.1, 0.15) is 5.69 Å². The topological polar surface area (TPSA) is 97.9 Å². The maximum absolute atomic E-state index is 12.8. The van der Waals surface area contributed by atoms with Crippen molar-refractivity contribution in [3.63, 3.8) is 0 Å². The highest BCUT2D eigenvalue weighted by Gasteiger charge is 2.35. The second-order valence-corrected chi connectivity index (χ2v) is 6.51. The number of nitrogens with zero attached hydrogens (tertiary/aromatic N) is 5. The zero-order chi connectivity index (χ0) is 21.3. The van der Waals surface area contributed by atoms with Gasteiger partial charge in [-0.15, -0.1) is 0 Å². The van der Waals surface area contributed by atoms with Crippen LogP contribution in [0.4, 0.5) is 13.2 Å². The summed E-state index contributed by atoms with van der Waals surface area (Å²) < 4.78 is 40.9. The van der Waals surface area contributed by atoms with Gasteiger partial charge in [-0.25, -0.2) is 0 Å². The molecule has 29 heavy (non-hydrogen) atoms. The molecule has 1 atom stereocenters. The Kier molecular flexibility index (Phi) is 5.42. The summed E-state index contributed by atoms with van der Waals surface area (Å²) in [4.78, 5) is 16.6. The zero-order valence-electron chi connectivity index (χ0n) is 15.9. The lowest BCUT2D eigenvalue weighted by Gasteiger charge is -2.14. The number of hydrogen-bond donors (Lipinski definition) is 2. The number of nitrogens with one attached hydrogen (secondary N) is 1. The van der Waals surface area contributed by atoms with Crippen molar-refractivity contribution in [2.75, 3.05) is 0 Å². The van der Waals surface area contributed by atoms with E-state index in [0.717, 1.165) is 10.2 Å². The summed E-state index contributed by atoms with van der Waals surface area (Å²) in [5.41, 5.74) is 1.19. The van der Waals surface area contributed by atoms with Crippen LogP contribution in [0.3, 0.4) is 0 Å². The fraction of sp³-hybridized carbons (Fsp3) is 0.333. The molecule has 3 rings (SSSR count). The van der Waals surface area contributed by atoms with Crippen LogP contribution in [0.2, 0.25) is 0 Å². The van der Waals surface area contributed by atoms with Crippen molar-refractivity contribution in [1.82, 2.24) is 29.9 Å². The Labute approximate surface area is 164 Å². The second kappa shape index (κ2) is 7.66. The maximum atomic E-state index is 12.8. The van der Waals surface area contributed by atoms with E-state index in [1.165, 1.54) is 7.05 Å². The molecular formula is C18H19F3N6O2. The Bertz CT molecular complexity index is 1020. The minimum atomic E-state index is -4.63. The lowest BCUT2D eigenvalue weighted by molar-refractivity contribution is -0.141. The molecule has 11 heteroatoms. The van der Waals surface area contributed by atoms with Gasteiger partial charge in [-0.1, -0.05) is 0 Å². The zero-order valence-corrected chi connectivity index (χ0v) is 15.9. The predicted octanol–water partition coefficient (Wildman–Crippen LogP) is 2.22. The minimum Gasteiger partial charge on any atom is -0.390 e. The number of aliphatic hydroxyl groups is 1. The predicted molar refractivity (Wildman–Crippen MR) is 96.5 cm³/mol. The Morgan fingerprint density at radius 3 is 2.48 bits per heavy atom. The van der Waals surface area contributed by atoms with E-state index < -0.39 is 23.8 Å². The van der Waals surface area contributed by atoms with Crippen LogP contribution in [0.1, 0.15) is 40.5 Å². The molecule has 0 aliphatic rings. The number of rotatable bonds is 5. The summed E-state index contributed by atoms with van der Waals surface area (Å²) in [6, 6.07) is 5.39. The average Bonchev–Trinajstić information content (AvgIpc) is 3.24. The molecule has 3 aromatic heterocycles. The number of pyridine rings is 1. The maximum Gasteiger partial charge on any atom is 0.435 e. The number of aliphatic hydroxyl groups excluding tert-OH is 1. The van der Waals surface area contributed by atoms with E-state index in [-0.39, 0.29) is 12.3 Å². The first-order valence-electron chi connectivity index (χ1n) is 8.62. The van der Waals surface area contributed by atoms with Gasteiger partial charge in [0.25, 0.3) is 5.91 Å². The summed E-state index contributed by atoms with van der Waals surface area (Å²) in [7, 11) is 2.98. The van der Waals surface area contributed by atoms with Crippen molar-refractivity contribution in [3.8, 4) is 11.3 Å². The van der Waals surface area contributed by atoms with Crippen LogP contribution >= 0.6 is 0 Å². The van der Waals surface area contributed by atoms with E-state index in [2.05, 4.69) is 20.5 Å². The Morgan fingerprint density at radius 2 is 1.93 bits per heavy atom. The van der Waals surface area contributed by atoms with Gasteiger partial charge >= 0.3 is 6.18 Å². The number of aromatic nitrogens is 5. The Balaban J connectivity index is 1.79. The molecule has 0 aromatic carbocycles. The molecule has 3 aromatic rings. The molecule has 2 N–H and O–H groups in total. The molecule has 1 unspecified atom stereocenters. The molecule has 3 heterocycles. The fourth-order valence-electron chi connectivity index (χ4n) is 2.86. The molecule has 0 saturated carbocycles. The number of carbonyl (C=O) groups is 1. The molecule has 0 aliphatic heterocycles. The van der Waals surface area contributed by atoms with Crippen LogP contribution in [-0.2, 0) is 26.9 Å². The number of alkyl halides is 3. The number of aryl methyl sites for hydroxylation is 2. The third-order valence-electron chi connectivity index (χ3n) is 4.39. The van der Waals surface area contributed by atoms with Gasteiger partial charge in [-0.3, -0.25) is 19.1 Å². The van der Waals surface area contributed by atoms with Crippen LogP contribution in [0.25, 0.3) is 11.3 Å². The minimum absolute atomic E-state index is 0.166. The first-order chi connectivity index (χ1) is 13.6. The molecule has 0 fully saturated rings. The van der Waals surface area contributed by atoms with Crippen molar-refractivity contribution < 1.29 is 23.1 Å². The Hall–Kier alpha value is -3.21. The van der Waals surface area contributed by atoms with E-state index in [9.17, 15) is 18.0 Å². The van der Waals surface area contributed by atoms with Crippen LogP contribution in [0, 0.1) is 0 Å². The van der Waals surface area contributed by atoms with E-state index >= 15 is 0 Å². The molecule has 154 valence electrons. The molecule has 0 radical (unpaired) electrons. The molecule has 0 aliphatic carbocycles. The lowest BCUT2D eigenvalue weighted by Crippen LogP contribution is -2.29. The fourth-order valence-corrected chi connectivity index (χ4v) is 2.86. The first-order valence-corrected chi connectivity index (χ1v) is 8.62. The van der Waals surface area contributed by atoms with Crippen molar-refractivity contribution in [3.05, 3.63) is 53.2 Å². The summed E-state index contributed by atoms with van der Waals surface area (Å²) >= 11 is 0. The second-order valence-electron chi connectivity index (χ2n) is 6.51. The Morgan fingerprint density at radius 1 is 1.21 bits per heavy atom. The van der Waals surface area contributed by atoms with Crippen molar-refractivity contribution in [2.24, 2.45) is 14.1 Å². The van der Waals surface area contributed by atoms with Gasteiger partial charge in [0.15, 0.2) is 5.69 Å². The van der Waals surface area contributed by atoms with Crippen LogP contribution in [0.5, 0.6) is 0 Å². The molecule has 8 nitrogen and oxygen atoms in total. The van der Waals surface area contributed by atoms with Gasteiger partial charge in [0, 0.05) is 31.9 Å². The van der Waals surface area contributed by atoms with Gasteiger partial charge in [-0.05, 0) is 25.1 Å². The van der Waals surface area contributed by atoms with Gasteiger partial charge in [-0.2, -0.15) is 23.4 Å². The quantitative estimate of drug-likeness (QED) is 0.675. The van der Waals surface area contributed by atoms with Crippen LogP contribution in [-0.4, -0.2) is 35.6 Å². The molecular weight excluding hydrogens is 389 g/mol. The van der Waals surface area contributed by atoms with Gasteiger partial charge in [0.2, 0.25) is 0 Å². The smallest absolute Gasteiger partial charge is 0.390 e. The molecule has 0 bridgehead atoms. The van der Waals surface area contributed by atoms with E-state index in [0.29, 0.717) is 23.1 Å². The third kappa shape index (κ3) is 4.29. The number of hydrogen-bond acceptors (Lipinski definition) is 5. The van der Waals surface area contributed by atoms with Crippen molar-refractivity contribution in [1.29, 1.82) is 0 Å². The highest BCUT2D eigenvalue weighted by molar-refractivity contribution is 5.93. The lowest BCUT2D eigenvalue weighted by atomic mass is 10.1. The highest BCUT2D eigenvalue weighted by Crippen LogP contribution is 2.28. The first kappa shape index (κ1) is 20.5. The van der Waals surface area contributed by atoms with E-state index in [4.69, 9.17) is 5.11 Å². The van der Waals surface area contributed by atoms with Crippen LogP contribution in [0.15, 0.2) is 30.5 Å². The molecule has 0 saturated heterocycles.